The molecule has 0 bridgehead atoms. The van der Waals surface area contributed by atoms with Crippen molar-refractivity contribution in [3.8, 4) is 0 Å². The predicted molar refractivity (Wildman–Crippen MR) is 90.8 cm³/mol. The van der Waals surface area contributed by atoms with Gasteiger partial charge in [-0.05, 0) is 42.3 Å². The molecule has 0 fully saturated rings. The fourth-order valence-corrected chi connectivity index (χ4v) is 3.14. The lowest BCUT2D eigenvalue weighted by atomic mass is 10.2. The minimum Gasteiger partial charge on any atom is -0.322 e. The SMILES string of the molecule is CC(C)CNS(=O)(=O)c1ccc(C(=O)Nc2ccc(F)c(F)c2)cc1. The van der Waals surface area contributed by atoms with Crippen LogP contribution in [0.3, 0.4) is 0 Å². The number of hydrogen-bond donors (Lipinski definition) is 2. The highest BCUT2D eigenvalue weighted by atomic mass is 32.2. The largest absolute Gasteiger partial charge is 0.322 e. The molecule has 0 spiro atoms. The van der Waals surface area contributed by atoms with E-state index in [4.69, 9.17) is 0 Å². The van der Waals surface area contributed by atoms with E-state index in [1.54, 1.807) is 0 Å². The summed E-state index contributed by atoms with van der Waals surface area (Å²) in [6.45, 7) is 4.07. The van der Waals surface area contributed by atoms with Crippen LogP contribution in [0.15, 0.2) is 47.4 Å². The highest BCUT2D eigenvalue weighted by Gasteiger charge is 2.15. The minimum atomic E-state index is -3.64. The zero-order valence-electron chi connectivity index (χ0n) is 13.7. The number of carbonyl (C=O) groups excluding carboxylic acids is 1. The lowest BCUT2D eigenvalue weighted by Gasteiger charge is -2.10. The standard InChI is InChI=1S/C17H18F2N2O3S/c1-11(2)10-20-25(23,24)14-6-3-12(4-7-14)17(22)21-13-5-8-15(18)16(19)9-13/h3-9,11,20H,10H2,1-2H3,(H,21,22). The molecule has 0 saturated carbocycles. The Balaban J connectivity index is 2.10. The Labute approximate surface area is 145 Å². The maximum atomic E-state index is 13.1. The van der Waals surface area contributed by atoms with E-state index in [-0.39, 0.29) is 22.1 Å². The molecule has 0 heterocycles. The van der Waals surface area contributed by atoms with Gasteiger partial charge in [0.2, 0.25) is 10.0 Å². The molecule has 0 aliphatic rings. The van der Waals surface area contributed by atoms with E-state index in [9.17, 15) is 22.0 Å². The third kappa shape index (κ3) is 5.07. The van der Waals surface area contributed by atoms with Gasteiger partial charge in [-0.15, -0.1) is 0 Å². The summed E-state index contributed by atoms with van der Waals surface area (Å²) < 4.78 is 52.7. The zero-order chi connectivity index (χ0) is 18.6. The van der Waals surface area contributed by atoms with Crippen LogP contribution in [0.2, 0.25) is 0 Å². The maximum absolute atomic E-state index is 13.1. The number of hydrogen-bond acceptors (Lipinski definition) is 3. The Hall–Kier alpha value is -2.32. The van der Waals surface area contributed by atoms with Gasteiger partial charge in [0.05, 0.1) is 4.90 Å². The lowest BCUT2D eigenvalue weighted by Crippen LogP contribution is -2.27. The summed E-state index contributed by atoms with van der Waals surface area (Å²) in [4.78, 5) is 12.1. The first-order chi connectivity index (χ1) is 11.7. The summed E-state index contributed by atoms with van der Waals surface area (Å²) in [5.41, 5.74) is 0.284. The molecule has 2 N–H and O–H groups in total. The number of amides is 1. The predicted octanol–water partition coefficient (Wildman–Crippen LogP) is 3.15. The number of carbonyl (C=O) groups is 1. The first-order valence-electron chi connectivity index (χ1n) is 7.55. The van der Waals surface area contributed by atoms with Gasteiger partial charge in [-0.2, -0.15) is 0 Å². The van der Waals surface area contributed by atoms with Gasteiger partial charge in [0.1, 0.15) is 0 Å². The molecule has 134 valence electrons. The summed E-state index contributed by atoms with van der Waals surface area (Å²) in [6.07, 6.45) is 0. The highest BCUT2D eigenvalue weighted by molar-refractivity contribution is 7.89. The smallest absolute Gasteiger partial charge is 0.255 e. The van der Waals surface area contributed by atoms with Crippen molar-refractivity contribution in [1.29, 1.82) is 0 Å². The Morgan fingerprint density at radius 2 is 1.68 bits per heavy atom. The molecule has 2 aromatic rings. The number of sulfonamides is 1. The molecule has 2 rings (SSSR count). The number of benzene rings is 2. The van der Waals surface area contributed by atoms with Gasteiger partial charge in [0.25, 0.3) is 5.91 Å². The molecule has 0 unspecified atom stereocenters. The van der Waals surface area contributed by atoms with Crippen molar-refractivity contribution in [2.24, 2.45) is 5.92 Å². The highest BCUT2D eigenvalue weighted by Crippen LogP contribution is 2.16. The quantitative estimate of drug-likeness (QED) is 0.822. The molecule has 0 aliphatic carbocycles. The van der Waals surface area contributed by atoms with Gasteiger partial charge in [0, 0.05) is 23.9 Å². The van der Waals surface area contributed by atoms with Crippen molar-refractivity contribution in [1.82, 2.24) is 4.72 Å². The van der Waals surface area contributed by atoms with Crippen molar-refractivity contribution in [2.75, 3.05) is 11.9 Å². The fourth-order valence-electron chi connectivity index (χ4n) is 1.92. The molecular weight excluding hydrogens is 350 g/mol. The summed E-state index contributed by atoms with van der Waals surface area (Å²) in [6, 6.07) is 8.30. The number of anilines is 1. The van der Waals surface area contributed by atoms with Gasteiger partial charge in [-0.1, -0.05) is 13.8 Å². The summed E-state index contributed by atoms with van der Waals surface area (Å²) in [5, 5.41) is 2.41. The van der Waals surface area contributed by atoms with E-state index in [1.807, 2.05) is 13.8 Å². The summed E-state index contributed by atoms with van der Waals surface area (Å²) in [5.74, 6) is -2.49. The van der Waals surface area contributed by atoms with Crippen LogP contribution >= 0.6 is 0 Å². The average Bonchev–Trinajstić information content (AvgIpc) is 2.56. The van der Waals surface area contributed by atoms with Crippen molar-refractivity contribution < 1.29 is 22.0 Å². The molecule has 0 saturated heterocycles. The van der Waals surface area contributed by atoms with Crippen LogP contribution in [-0.2, 0) is 10.0 Å². The molecular formula is C17H18F2N2O3S. The number of rotatable bonds is 6. The molecule has 8 heteroatoms. The van der Waals surface area contributed by atoms with Crippen LogP contribution in [-0.4, -0.2) is 20.9 Å². The van der Waals surface area contributed by atoms with Crippen LogP contribution in [0, 0.1) is 17.6 Å². The van der Waals surface area contributed by atoms with E-state index >= 15 is 0 Å². The molecule has 5 nitrogen and oxygen atoms in total. The van der Waals surface area contributed by atoms with Gasteiger partial charge < -0.3 is 5.32 Å². The zero-order valence-corrected chi connectivity index (χ0v) is 14.5. The van der Waals surface area contributed by atoms with Crippen LogP contribution in [0.1, 0.15) is 24.2 Å². The van der Waals surface area contributed by atoms with Crippen molar-refractivity contribution >= 4 is 21.6 Å². The Kier molecular flexibility index (Phi) is 5.86. The summed E-state index contributed by atoms with van der Waals surface area (Å²) in [7, 11) is -3.64. The normalized spacial score (nSPS) is 11.6. The Bertz CT molecular complexity index is 866. The summed E-state index contributed by atoms with van der Waals surface area (Å²) >= 11 is 0. The van der Waals surface area contributed by atoms with E-state index in [2.05, 4.69) is 10.0 Å². The first-order valence-corrected chi connectivity index (χ1v) is 9.03. The second-order valence-electron chi connectivity index (χ2n) is 5.85. The van der Waals surface area contributed by atoms with Crippen LogP contribution < -0.4 is 10.0 Å². The van der Waals surface area contributed by atoms with Crippen molar-refractivity contribution in [2.45, 2.75) is 18.7 Å². The van der Waals surface area contributed by atoms with Gasteiger partial charge in [0.15, 0.2) is 11.6 Å². The van der Waals surface area contributed by atoms with Crippen LogP contribution in [0.5, 0.6) is 0 Å². The number of halogens is 2. The van der Waals surface area contributed by atoms with Gasteiger partial charge in [-0.3, -0.25) is 4.79 Å². The van der Waals surface area contributed by atoms with Crippen LogP contribution in [0.4, 0.5) is 14.5 Å². The third-order valence-electron chi connectivity index (χ3n) is 3.29. The molecule has 0 aliphatic heterocycles. The van der Waals surface area contributed by atoms with Crippen LogP contribution in [0.25, 0.3) is 0 Å². The second-order valence-corrected chi connectivity index (χ2v) is 7.62. The molecule has 0 radical (unpaired) electrons. The van der Waals surface area contributed by atoms with Gasteiger partial charge in [-0.25, -0.2) is 21.9 Å². The fraction of sp³-hybridized carbons (Fsp3) is 0.235. The molecule has 1 amide bonds. The second kappa shape index (κ2) is 7.71. The maximum Gasteiger partial charge on any atom is 0.255 e. The molecule has 2 aromatic carbocycles. The average molecular weight is 368 g/mol. The molecule has 25 heavy (non-hydrogen) atoms. The Morgan fingerprint density at radius 3 is 2.24 bits per heavy atom. The van der Waals surface area contributed by atoms with Gasteiger partial charge >= 0.3 is 0 Å². The van der Waals surface area contributed by atoms with E-state index in [0.717, 1.165) is 12.1 Å². The van der Waals surface area contributed by atoms with Crippen molar-refractivity contribution in [3.63, 3.8) is 0 Å². The molecule has 0 atom stereocenters. The monoisotopic (exact) mass is 368 g/mol. The van der Waals surface area contributed by atoms with Crippen molar-refractivity contribution in [3.05, 3.63) is 59.7 Å². The topological polar surface area (TPSA) is 75.3 Å². The molecule has 0 aromatic heterocycles. The Morgan fingerprint density at radius 1 is 1.04 bits per heavy atom. The minimum absolute atomic E-state index is 0.0394. The van der Waals surface area contributed by atoms with E-state index in [1.165, 1.54) is 30.3 Å². The number of nitrogens with one attached hydrogen (secondary N) is 2. The van der Waals surface area contributed by atoms with E-state index in [0.29, 0.717) is 6.54 Å². The lowest BCUT2D eigenvalue weighted by molar-refractivity contribution is 0.102. The first kappa shape index (κ1) is 19.0. The van der Waals surface area contributed by atoms with E-state index < -0.39 is 27.6 Å². The third-order valence-corrected chi connectivity index (χ3v) is 4.73.